The topological polar surface area (TPSA) is 81.1 Å². The van der Waals surface area contributed by atoms with Crippen molar-refractivity contribution in [1.29, 1.82) is 0 Å². The van der Waals surface area contributed by atoms with Crippen LogP contribution < -0.4 is 0 Å². The van der Waals surface area contributed by atoms with Crippen LogP contribution in [0.3, 0.4) is 0 Å². The van der Waals surface area contributed by atoms with Crippen molar-refractivity contribution in [3.05, 3.63) is 73.9 Å². The van der Waals surface area contributed by atoms with Gasteiger partial charge in [-0.15, -0.1) is 19.7 Å². The molecular formula is C37H56N2O4. The molecule has 238 valence electrons. The van der Waals surface area contributed by atoms with Crippen LogP contribution >= 0.6 is 0 Å². The first kappa shape index (κ1) is 34.8. The first-order valence-corrected chi connectivity index (χ1v) is 15.7. The summed E-state index contributed by atoms with van der Waals surface area (Å²) in [7, 11) is 0. The molecule has 0 aromatic heterocycles. The van der Waals surface area contributed by atoms with Crippen LogP contribution in [-0.2, 0) is 16.0 Å². The number of piperidine rings is 2. The molecule has 0 spiro atoms. The smallest absolute Gasteiger partial charge is 0.322 e. The molecule has 0 saturated carbocycles. The molecule has 2 aliphatic rings. The van der Waals surface area contributed by atoms with Gasteiger partial charge in [-0.25, -0.2) is 0 Å². The summed E-state index contributed by atoms with van der Waals surface area (Å²) in [4.78, 5) is 32.6. The van der Waals surface area contributed by atoms with Gasteiger partial charge in [0.25, 0.3) is 0 Å². The number of aliphatic carboxylic acids is 2. The number of hydrogen-bond acceptors (Lipinski definition) is 4. The van der Waals surface area contributed by atoms with Gasteiger partial charge in [0.05, 0.1) is 0 Å². The molecule has 2 saturated heterocycles. The van der Waals surface area contributed by atoms with Gasteiger partial charge in [0.2, 0.25) is 0 Å². The molecule has 0 aliphatic carbocycles. The maximum atomic E-state index is 13.9. The lowest BCUT2D eigenvalue weighted by Crippen LogP contribution is -2.70. The molecule has 0 unspecified atom stereocenters. The number of likely N-dealkylation sites (tertiary alicyclic amines) is 2. The fourth-order valence-corrected chi connectivity index (χ4v) is 9.76. The second kappa shape index (κ2) is 12.0. The van der Waals surface area contributed by atoms with Crippen molar-refractivity contribution < 1.29 is 19.8 Å². The second-order valence-electron chi connectivity index (χ2n) is 15.6. The lowest BCUT2D eigenvalue weighted by Gasteiger charge is -2.65. The minimum absolute atomic E-state index is 0.119. The zero-order valence-electron chi connectivity index (χ0n) is 27.9. The minimum Gasteiger partial charge on any atom is -0.480 e. The summed E-state index contributed by atoms with van der Waals surface area (Å²) >= 11 is 0. The van der Waals surface area contributed by atoms with Gasteiger partial charge in [0.1, 0.15) is 0 Å². The second-order valence-corrected chi connectivity index (χ2v) is 15.6. The van der Waals surface area contributed by atoms with E-state index in [0.717, 1.165) is 0 Å². The molecular weight excluding hydrogens is 536 g/mol. The lowest BCUT2D eigenvalue weighted by atomic mass is 9.44. The van der Waals surface area contributed by atoms with Crippen LogP contribution in [0.2, 0.25) is 0 Å². The van der Waals surface area contributed by atoms with Crippen LogP contribution in [-0.4, -0.2) is 67.2 Å². The number of carboxylic acids is 2. The van der Waals surface area contributed by atoms with Gasteiger partial charge in [-0.05, 0) is 98.5 Å². The van der Waals surface area contributed by atoms with Gasteiger partial charge in [-0.1, -0.05) is 48.6 Å². The first-order chi connectivity index (χ1) is 19.8. The quantitative estimate of drug-likeness (QED) is 0.194. The van der Waals surface area contributed by atoms with Gasteiger partial charge < -0.3 is 10.2 Å². The summed E-state index contributed by atoms with van der Waals surface area (Å²) in [6, 6.07) is 9.25. The summed E-state index contributed by atoms with van der Waals surface area (Å²) in [5, 5.41) is 22.6. The zero-order chi connectivity index (χ0) is 32.6. The predicted octanol–water partition coefficient (Wildman–Crippen LogP) is 7.47. The fraction of sp³-hybridized carbons (Fsp3) is 0.622. The van der Waals surface area contributed by atoms with Crippen LogP contribution in [0.15, 0.2) is 68.3 Å². The third-order valence-electron chi connectivity index (χ3n) is 11.0. The molecule has 6 heteroatoms. The summed E-state index contributed by atoms with van der Waals surface area (Å²) in [5.41, 5.74) is -4.03. The van der Waals surface area contributed by atoms with Gasteiger partial charge in [0.15, 0.2) is 5.41 Å². The SMILES string of the molecule is C=CCN1C(C)(C)CC(C(C=C)(C2CC(C)(C)N(CC=C)C(C)(C)C2)C(Cc2ccccc2)(C(=O)O)C(=O)O)CC1(C)C. The Morgan fingerprint density at radius 3 is 1.37 bits per heavy atom. The lowest BCUT2D eigenvalue weighted by molar-refractivity contribution is -0.197. The van der Waals surface area contributed by atoms with Crippen LogP contribution in [0.5, 0.6) is 0 Å². The Morgan fingerprint density at radius 2 is 1.09 bits per heavy atom. The number of nitrogens with zero attached hydrogens (tertiary/aromatic N) is 2. The highest BCUT2D eigenvalue weighted by Gasteiger charge is 2.70. The number of carbonyl (C=O) groups is 2. The van der Waals surface area contributed by atoms with E-state index < -0.39 is 22.8 Å². The number of benzene rings is 1. The Labute approximate surface area is 260 Å². The molecule has 43 heavy (non-hydrogen) atoms. The standard InChI is InChI=1S/C37H56N2O4/c1-12-20-38-32(4,5)23-28(24-33(38,6)7)36(14-3,29-25-34(8,9)39(21-13-2)35(10,11)26-29)37(30(40)41,31(42)43)22-27-18-16-15-17-19-27/h12-19,28-29H,1-3,20-26H2,4-11H3,(H,40,41)(H,42,43). The Balaban J connectivity index is 2.42. The number of carboxylic acid groups (broad SMARTS) is 2. The van der Waals surface area contributed by atoms with E-state index in [1.807, 2.05) is 42.5 Å². The molecule has 0 amide bonds. The summed E-state index contributed by atoms with van der Waals surface area (Å²) in [6.07, 6.45) is 8.05. The van der Waals surface area contributed by atoms with E-state index in [1.54, 1.807) is 6.08 Å². The van der Waals surface area contributed by atoms with E-state index >= 15 is 0 Å². The van der Waals surface area contributed by atoms with Crippen LogP contribution in [0, 0.1) is 22.7 Å². The third kappa shape index (κ3) is 5.90. The summed E-state index contributed by atoms with van der Waals surface area (Å²) in [6.45, 7) is 31.3. The first-order valence-electron chi connectivity index (χ1n) is 15.7. The highest BCUT2D eigenvalue weighted by molar-refractivity contribution is 6.00. The molecule has 1 aromatic carbocycles. The Bertz CT molecular complexity index is 1110. The summed E-state index contributed by atoms with van der Waals surface area (Å²) in [5.74, 6) is -3.10. The Hall–Kier alpha value is -2.70. The average Bonchev–Trinajstić information content (AvgIpc) is 2.87. The summed E-state index contributed by atoms with van der Waals surface area (Å²) < 4.78 is 0. The van der Waals surface area contributed by atoms with E-state index in [9.17, 15) is 19.8 Å². The molecule has 2 aliphatic heterocycles. The van der Waals surface area contributed by atoms with Crippen molar-refractivity contribution in [2.45, 2.75) is 110 Å². The molecule has 2 heterocycles. The van der Waals surface area contributed by atoms with Crippen LogP contribution in [0.1, 0.15) is 86.6 Å². The third-order valence-corrected chi connectivity index (χ3v) is 11.0. The minimum atomic E-state index is -2.13. The van der Waals surface area contributed by atoms with Crippen molar-refractivity contribution in [1.82, 2.24) is 9.80 Å². The van der Waals surface area contributed by atoms with E-state index in [1.165, 1.54) is 0 Å². The molecule has 1 aromatic rings. The average molecular weight is 593 g/mol. The van der Waals surface area contributed by atoms with E-state index in [0.29, 0.717) is 44.3 Å². The van der Waals surface area contributed by atoms with Crippen molar-refractivity contribution in [3.8, 4) is 0 Å². The molecule has 2 fully saturated rings. The van der Waals surface area contributed by atoms with Crippen molar-refractivity contribution in [3.63, 3.8) is 0 Å². The van der Waals surface area contributed by atoms with Crippen molar-refractivity contribution in [2.75, 3.05) is 13.1 Å². The number of rotatable bonds is 12. The van der Waals surface area contributed by atoms with Crippen molar-refractivity contribution in [2.24, 2.45) is 22.7 Å². The van der Waals surface area contributed by atoms with Gasteiger partial charge in [0, 0.05) is 47.1 Å². The van der Waals surface area contributed by atoms with E-state index in [4.69, 9.17) is 0 Å². The van der Waals surface area contributed by atoms with Gasteiger partial charge in [-0.3, -0.25) is 19.4 Å². The van der Waals surface area contributed by atoms with Gasteiger partial charge >= 0.3 is 11.9 Å². The van der Waals surface area contributed by atoms with E-state index in [-0.39, 0.29) is 40.4 Å². The number of hydrogen-bond donors (Lipinski definition) is 2. The Morgan fingerprint density at radius 1 is 0.744 bits per heavy atom. The highest BCUT2D eigenvalue weighted by atomic mass is 16.4. The van der Waals surface area contributed by atoms with Crippen LogP contribution in [0.25, 0.3) is 0 Å². The number of allylic oxidation sites excluding steroid dienone is 1. The van der Waals surface area contributed by atoms with Crippen LogP contribution in [0.4, 0.5) is 0 Å². The normalized spacial score (nSPS) is 22.9. The fourth-order valence-electron chi connectivity index (χ4n) is 9.76. The molecule has 2 N–H and O–H groups in total. The maximum Gasteiger partial charge on any atom is 0.322 e. The predicted molar refractivity (Wildman–Crippen MR) is 176 cm³/mol. The monoisotopic (exact) mass is 592 g/mol. The van der Waals surface area contributed by atoms with Gasteiger partial charge in [-0.2, -0.15) is 0 Å². The molecule has 0 bridgehead atoms. The molecule has 0 atom stereocenters. The van der Waals surface area contributed by atoms with Crippen molar-refractivity contribution >= 4 is 11.9 Å². The zero-order valence-corrected chi connectivity index (χ0v) is 27.9. The molecule has 6 nitrogen and oxygen atoms in total. The molecule has 0 radical (unpaired) electrons. The molecule has 3 rings (SSSR count). The Kier molecular flexibility index (Phi) is 9.71. The largest absolute Gasteiger partial charge is 0.480 e. The van der Waals surface area contributed by atoms with E-state index in [2.05, 4.69) is 84.9 Å². The maximum absolute atomic E-state index is 13.9. The highest BCUT2D eigenvalue weighted by Crippen LogP contribution is 2.64.